The number of hydrogen-bond acceptors (Lipinski definition) is 5. The SMILES string of the molecule is O=C(CC(S)C(=O)N[C@@H](Cc1c[nH]cn1)C(=O)O)c1ccccc1. The minimum Gasteiger partial charge on any atom is -0.480 e. The molecule has 1 amide bonds. The average molecular weight is 347 g/mol. The topological polar surface area (TPSA) is 112 Å². The molecule has 1 unspecified atom stereocenters. The van der Waals surface area contributed by atoms with Crippen molar-refractivity contribution in [2.24, 2.45) is 0 Å². The first-order valence-electron chi connectivity index (χ1n) is 7.24. The Bertz CT molecular complexity index is 703. The van der Waals surface area contributed by atoms with Gasteiger partial charge in [0.2, 0.25) is 5.91 Å². The van der Waals surface area contributed by atoms with E-state index in [0.29, 0.717) is 11.3 Å². The number of H-pyrrole nitrogens is 1. The Morgan fingerprint density at radius 2 is 1.96 bits per heavy atom. The standard InChI is InChI=1S/C16H17N3O4S/c20-13(10-4-2-1-3-5-10)7-14(24)15(21)19-12(16(22)23)6-11-8-17-9-18-11/h1-5,8-9,12,14,24H,6-7H2,(H,17,18)(H,19,21)(H,22,23)/t12-,14?/m0/s1. The van der Waals surface area contributed by atoms with E-state index < -0.39 is 23.2 Å². The molecule has 7 nitrogen and oxygen atoms in total. The fourth-order valence-electron chi connectivity index (χ4n) is 2.09. The predicted octanol–water partition coefficient (Wildman–Crippen LogP) is 1.09. The van der Waals surface area contributed by atoms with Crippen molar-refractivity contribution in [2.75, 3.05) is 0 Å². The van der Waals surface area contributed by atoms with E-state index in [4.69, 9.17) is 0 Å². The Balaban J connectivity index is 1.93. The van der Waals surface area contributed by atoms with Crippen LogP contribution < -0.4 is 5.32 Å². The maximum atomic E-state index is 12.1. The van der Waals surface area contributed by atoms with E-state index in [1.54, 1.807) is 36.5 Å². The number of aromatic amines is 1. The molecule has 126 valence electrons. The number of carboxylic acids is 1. The largest absolute Gasteiger partial charge is 0.480 e. The van der Waals surface area contributed by atoms with Crippen LogP contribution in [0, 0.1) is 0 Å². The molecule has 2 aromatic rings. The Labute approximate surface area is 143 Å². The van der Waals surface area contributed by atoms with Crippen molar-refractivity contribution in [3.63, 3.8) is 0 Å². The van der Waals surface area contributed by atoms with Gasteiger partial charge < -0.3 is 15.4 Å². The number of imidazole rings is 1. The van der Waals surface area contributed by atoms with E-state index >= 15 is 0 Å². The maximum absolute atomic E-state index is 12.1. The highest BCUT2D eigenvalue weighted by Crippen LogP contribution is 2.10. The molecule has 0 spiro atoms. The van der Waals surface area contributed by atoms with Gasteiger partial charge in [0.15, 0.2) is 5.78 Å². The second kappa shape index (κ2) is 8.30. The van der Waals surface area contributed by atoms with Crippen molar-refractivity contribution in [1.82, 2.24) is 15.3 Å². The van der Waals surface area contributed by atoms with E-state index in [1.165, 1.54) is 6.33 Å². The molecular formula is C16H17N3O4S. The number of aromatic nitrogens is 2. The van der Waals surface area contributed by atoms with Gasteiger partial charge in [0.25, 0.3) is 0 Å². The number of hydrogen-bond donors (Lipinski definition) is 4. The van der Waals surface area contributed by atoms with Gasteiger partial charge in [0.05, 0.1) is 17.3 Å². The van der Waals surface area contributed by atoms with Crippen LogP contribution in [0.5, 0.6) is 0 Å². The van der Waals surface area contributed by atoms with E-state index in [9.17, 15) is 19.5 Å². The monoisotopic (exact) mass is 347 g/mol. The van der Waals surface area contributed by atoms with Crippen LogP contribution in [0.3, 0.4) is 0 Å². The first-order chi connectivity index (χ1) is 11.5. The molecule has 8 heteroatoms. The minimum atomic E-state index is -1.18. The molecule has 0 saturated heterocycles. The van der Waals surface area contributed by atoms with E-state index in [2.05, 4.69) is 27.9 Å². The Kier molecular flexibility index (Phi) is 6.14. The average Bonchev–Trinajstić information content (AvgIpc) is 3.07. The third-order valence-electron chi connectivity index (χ3n) is 3.36. The van der Waals surface area contributed by atoms with Crippen molar-refractivity contribution in [3.05, 3.63) is 54.1 Å². The third kappa shape index (κ3) is 4.95. The first kappa shape index (κ1) is 17.7. The zero-order chi connectivity index (χ0) is 17.5. The van der Waals surface area contributed by atoms with Gasteiger partial charge >= 0.3 is 5.97 Å². The fourth-order valence-corrected chi connectivity index (χ4v) is 2.33. The molecule has 0 aliphatic heterocycles. The van der Waals surface area contributed by atoms with Crippen LogP contribution in [0.25, 0.3) is 0 Å². The lowest BCUT2D eigenvalue weighted by Crippen LogP contribution is -2.45. The zero-order valence-corrected chi connectivity index (χ0v) is 13.6. The van der Waals surface area contributed by atoms with Crippen LogP contribution in [0.1, 0.15) is 22.5 Å². The molecule has 2 rings (SSSR count). The summed E-state index contributed by atoms with van der Waals surface area (Å²) < 4.78 is 0. The second-order valence-electron chi connectivity index (χ2n) is 5.17. The van der Waals surface area contributed by atoms with Gasteiger partial charge in [0, 0.05) is 24.6 Å². The zero-order valence-electron chi connectivity index (χ0n) is 12.7. The van der Waals surface area contributed by atoms with E-state index in [0.717, 1.165) is 0 Å². The number of benzene rings is 1. The molecule has 0 aliphatic carbocycles. The Morgan fingerprint density at radius 1 is 1.25 bits per heavy atom. The summed E-state index contributed by atoms with van der Waals surface area (Å²) in [5, 5.41) is 10.7. The summed E-state index contributed by atoms with van der Waals surface area (Å²) in [6.07, 6.45) is 2.90. The van der Waals surface area contributed by atoms with Crippen molar-refractivity contribution < 1.29 is 19.5 Å². The molecule has 1 heterocycles. The van der Waals surface area contributed by atoms with Crippen LogP contribution in [-0.2, 0) is 16.0 Å². The summed E-state index contributed by atoms with van der Waals surface area (Å²) >= 11 is 4.12. The van der Waals surface area contributed by atoms with Crippen molar-refractivity contribution >= 4 is 30.3 Å². The van der Waals surface area contributed by atoms with Crippen LogP contribution in [-0.4, -0.2) is 44.0 Å². The number of ketones is 1. The molecule has 24 heavy (non-hydrogen) atoms. The summed E-state index contributed by atoms with van der Waals surface area (Å²) in [5.41, 5.74) is 0.995. The number of rotatable bonds is 8. The molecule has 1 aromatic carbocycles. The van der Waals surface area contributed by atoms with Gasteiger partial charge in [-0.2, -0.15) is 12.6 Å². The van der Waals surface area contributed by atoms with Gasteiger partial charge in [-0.3, -0.25) is 9.59 Å². The van der Waals surface area contributed by atoms with Gasteiger partial charge in [-0.15, -0.1) is 0 Å². The fraction of sp³-hybridized carbons (Fsp3) is 0.250. The maximum Gasteiger partial charge on any atom is 0.326 e. The number of carbonyl (C=O) groups excluding carboxylic acids is 2. The summed E-state index contributed by atoms with van der Waals surface area (Å²) in [7, 11) is 0. The second-order valence-corrected chi connectivity index (χ2v) is 5.80. The molecule has 2 atom stereocenters. The molecule has 0 fully saturated rings. The Morgan fingerprint density at radius 3 is 2.54 bits per heavy atom. The van der Waals surface area contributed by atoms with Crippen molar-refractivity contribution in [3.8, 4) is 0 Å². The normalized spacial score (nSPS) is 13.0. The van der Waals surface area contributed by atoms with Crippen LogP contribution >= 0.6 is 12.6 Å². The molecule has 3 N–H and O–H groups in total. The minimum absolute atomic E-state index is 0.0394. The van der Waals surface area contributed by atoms with E-state index in [1.807, 2.05) is 0 Å². The van der Waals surface area contributed by atoms with Crippen LogP contribution in [0.15, 0.2) is 42.9 Å². The molecule has 0 aliphatic rings. The summed E-state index contributed by atoms with van der Waals surface area (Å²) in [6.45, 7) is 0. The lowest BCUT2D eigenvalue weighted by atomic mass is 10.1. The number of amides is 1. The van der Waals surface area contributed by atoms with Gasteiger partial charge in [-0.1, -0.05) is 30.3 Å². The highest BCUT2D eigenvalue weighted by molar-refractivity contribution is 7.81. The first-order valence-corrected chi connectivity index (χ1v) is 7.76. The molecule has 0 saturated carbocycles. The predicted molar refractivity (Wildman–Crippen MR) is 90.0 cm³/mol. The van der Waals surface area contributed by atoms with Crippen LogP contribution in [0.2, 0.25) is 0 Å². The van der Waals surface area contributed by atoms with Gasteiger partial charge in [-0.05, 0) is 0 Å². The number of thiol groups is 1. The highest BCUT2D eigenvalue weighted by Gasteiger charge is 2.25. The highest BCUT2D eigenvalue weighted by atomic mass is 32.1. The Hall–Kier alpha value is -2.61. The van der Waals surface area contributed by atoms with Gasteiger partial charge in [-0.25, -0.2) is 9.78 Å². The summed E-state index contributed by atoms with van der Waals surface area (Å²) in [4.78, 5) is 42.1. The summed E-state index contributed by atoms with van der Waals surface area (Å²) in [5.74, 6) is -2.02. The van der Waals surface area contributed by atoms with Crippen molar-refractivity contribution in [1.29, 1.82) is 0 Å². The number of aliphatic carboxylic acids is 1. The number of nitrogens with one attached hydrogen (secondary N) is 2. The number of Topliss-reactive ketones (excluding diaryl/α,β-unsaturated/α-hetero) is 1. The molecule has 0 radical (unpaired) electrons. The van der Waals surface area contributed by atoms with Gasteiger partial charge in [0.1, 0.15) is 6.04 Å². The lowest BCUT2D eigenvalue weighted by Gasteiger charge is -2.16. The third-order valence-corrected chi connectivity index (χ3v) is 3.78. The molecular weight excluding hydrogens is 330 g/mol. The van der Waals surface area contributed by atoms with Crippen molar-refractivity contribution in [2.45, 2.75) is 24.1 Å². The molecule has 1 aromatic heterocycles. The van der Waals surface area contributed by atoms with E-state index in [-0.39, 0.29) is 18.6 Å². The number of carbonyl (C=O) groups is 3. The molecule has 0 bridgehead atoms. The number of nitrogens with zero attached hydrogens (tertiary/aromatic N) is 1. The lowest BCUT2D eigenvalue weighted by molar-refractivity contribution is -0.141. The number of carboxylic acid groups (broad SMARTS) is 1. The van der Waals surface area contributed by atoms with Crippen LogP contribution in [0.4, 0.5) is 0 Å². The quantitative estimate of drug-likeness (QED) is 0.422. The smallest absolute Gasteiger partial charge is 0.326 e. The summed E-state index contributed by atoms with van der Waals surface area (Å²) in [6, 6.07) is 7.41.